The molecule has 0 atom stereocenters. The Morgan fingerprint density at radius 1 is 1.09 bits per heavy atom. The maximum Gasteiger partial charge on any atom is 0.293 e. The number of amides is 2. The number of ether oxygens (including phenoxy) is 2. The zero-order valence-electron chi connectivity index (χ0n) is 18.6. The molecule has 1 aliphatic heterocycles. The second-order valence-electron chi connectivity index (χ2n) is 7.51. The van der Waals surface area contributed by atoms with Gasteiger partial charge >= 0.3 is 0 Å². The molecule has 2 amide bonds. The number of carbonyl (C=O) groups excluding carboxylic acids is 2. The molecule has 0 aromatic heterocycles. The Hall–Kier alpha value is -2.81. The molecule has 1 saturated heterocycles. The number of thioether (sulfide) groups is 1. The van der Waals surface area contributed by atoms with E-state index in [1.54, 1.807) is 18.2 Å². The zero-order valence-corrected chi connectivity index (χ0v) is 21.8. The molecule has 35 heavy (non-hydrogen) atoms. The number of hydrogen-bond acceptors (Lipinski definition) is 5. The molecule has 0 bridgehead atoms. The third-order valence-corrected chi connectivity index (χ3v) is 6.96. The molecule has 0 N–H and O–H groups in total. The molecule has 3 aromatic carbocycles. The Balaban J connectivity index is 1.57. The molecule has 1 fully saturated rings. The summed E-state index contributed by atoms with van der Waals surface area (Å²) in [5, 5.41) is -0.336. The van der Waals surface area contributed by atoms with Crippen molar-refractivity contribution in [3.8, 4) is 11.5 Å². The molecule has 5 nitrogen and oxygen atoms in total. The topological polar surface area (TPSA) is 55.8 Å². The Labute approximate surface area is 220 Å². The van der Waals surface area contributed by atoms with Gasteiger partial charge in [0, 0.05) is 10.6 Å². The molecule has 4 rings (SSSR count). The maximum atomic E-state index is 14.2. The number of hydrogen-bond donors (Lipinski definition) is 0. The average molecular weight is 577 g/mol. The van der Waals surface area contributed by atoms with E-state index in [4.69, 9.17) is 21.1 Å². The number of halogens is 3. The van der Waals surface area contributed by atoms with Crippen LogP contribution in [0.1, 0.15) is 23.6 Å². The summed E-state index contributed by atoms with van der Waals surface area (Å²) in [6.45, 7) is 2.39. The van der Waals surface area contributed by atoms with Gasteiger partial charge in [-0.2, -0.15) is 0 Å². The summed E-state index contributed by atoms with van der Waals surface area (Å²) in [5.74, 6) is -0.0497. The third-order valence-electron chi connectivity index (χ3n) is 5.11. The highest BCUT2D eigenvalue weighted by molar-refractivity contribution is 9.10. The van der Waals surface area contributed by atoms with Crippen LogP contribution in [0.4, 0.5) is 9.18 Å². The van der Waals surface area contributed by atoms with Crippen LogP contribution in [-0.2, 0) is 17.9 Å². The summed E-state index contributed by atoms with van der Waals surface area (Å²) < 4.78 is 26.6. The zero-order chi connectivity index (χ0) is 24.9. The van der Waals surface area contributed by atoms with Gasteiger partial charge in [-0.1, -0.05) is 48.0 Å². The summed E-state index contributed by atoms with van der Waals surface area (Å²) in [7, 11) is 0. The van der Waals surface area contributed by atoms with Gasteiger partial charge in [0.05, 0.1) is 22.5 Å². The maximum absolute atomic E-state index is 14.2. The van der Waals surface area contributed by atoms with E-state index in [1.165, 1.54) is 18.2 Å². The van der Waals surface area contributed by atoms with Crippen LogP contribution in [0, 0.1) is 5.82 Å². The fourth-order valence-electron chi connectivity index (χ4n) is 3.43. The van der Waals surface area contributed by atoms with Crippen LogP contribution in [0.15, 0.2) is 70.0 Å². The summed E-state index contributed by atoms with van der Waals surface area (Å²) in [5.41, 5.74) is 1.75. The van der Waals surface area contributed by atoms with E-state index >= 15 is 0 Å². The highest BCUT2D eigenvalue weighted by Crippen LogP contribution is 2.40. The van der Waals surface area contributed by atoms with Crippen molar-refractivity contribution in [2.45, 2.75) is 20.1 Å². The molecule has 0 spiro atoms. The average Bonchev–Trinajstić information content (AvgIpc) is 3.09. The van der Waals surface area contributed by atoms with Gasteiger partial charge in [0.25, 0.3) is 11.1 Å². The van der Waals surface area contributed by atoms with E-state index in [0.717, 1.165) is 22.2 Å². The van der Waals surface area contributed by atoms with Crippen LogP contribution in [0.5, 0.6) is 11.5 Å². The van der Waals surface area contributed by atoms with Crippen LogP contribution >= 0.6 is 39.3 Å². The normalized spacial score (nSPS) is 14.6. The van der Waals surface area contributed by atoms with Gasteiger partial charge in [-0.25, -0.2) is 4.39 Å². The highest BCUT2D eigenvalue weighted by Gasteiger charge is 2.36. The fraction of sp³-hybridized carbons (Fsp3) is 0.154. The predicted molar refractivity (Wildman–Crippen MR) is 139 cm³/mol. The molecule has 0 radical (unpaired) electrons. The van der Waals surface area contributed by atoms with Crippen LogP contribution in [-0.4, -0.2) is 22.7 Å². The van der Waals surface area contributed by atoms with Crippen molar-refractivity contribution in [3.63, 3.8) is 0 Å². The lowest BCUT2D eigenvalue weighted by Gasteiger charge is -2.15. The fourth-order valence-corrected chi connectivity index (χ4v) is 5.07. The first-order valence-corrected chi connectivity index (χ1v) is 12.7. The number of rotatable bonds is 8. The van der Waals surface area contributed by atoms with Crippen LogP contribution in [0.2, 0.25) is 5.02 Å². The van der Waals surface area contributed by atoms with Gasteiger partial charge in [0.15, 0.2) is 11.5 Å². The van der Waals surface area contributed by atoms with Crippen molar-refractivity contribution < 1.29 is 23.5 Å². The molecule has 180 valence electrons. The summed E-state index contributed by atoms with van der Waals surface area (Å²) >= 11 is 10.4. The monoisotopic (exact) mass is 575 g/mol. The minimum Gasteiger partial charge on any atom is -0.490 e. The summed E-state index contributed by atoms with van der Waals surface area (Å²) in [6, 6.07) is 17.5. The lowest BCUT2D eigenvalue weighted by molar-refractivity contribution is -0.123. The first-order chi connectivity index (χ1) is 16.9. The number of nitrogens with zero attached hydrogens (tertiary/aromatic N) is 1. The number of imide groups is 1. The van der Waals surface area contributed by atoms with E-state index in [9.17, 15) is 14.0 Å². The van der Waals surface area contributed by atoms with Gasteiger partial charge in [0.1, 0.15) is 12.4 Å². The van der Waals surface area contributed by atoms with E-state index < -0.39 is 17.0 Å². The lowest BCUT2D eigenvalue weighted by Crippen LogP contribution is -2.28. The van der Waals surface area contributed by atoms with Crippen molar-refractivity contribution >= 4 is 56.5 Å². The van der Waals surface area contributed by atoms with Crippen molar-refractivity contribution in [1.29, 1.82) is 0 Å². The molecule has 1 aliphatic rings. The first-order valence-electron chi connectivity index (χ1n) is 10.7. The molecule has 1 heterocycles. The van der Waals surface area contributed by atoms with Crippen molar-refractivity contribution in [3.05, 3.63) is 97.6 Å². The van der Waals surface area contributed by atoms with Crippen molar-refractivity contribution in [1.82, 2.24) is 4.90 Å². The third kappa shape index (κ3) is 5.89. The van der Waals surface area contributed by atoms with Crippen LogP contribution < -0.4 is 9.47 Å². The Morgan fingerprint density at radius 2 is 1.86 bits per heavy atom. The van der Waals surface area contributed by atoms with Gasteiger partial charge < -0.3 is 9.47 Å². The largest absolute Gasteiger partial charge is 0.490 e. The standard InChI is InChI=1S/C26H20BrClFNO4S/c1-2-33-22-12-17(11-19(27)24(22)34-15-16-7-4-3-5-8-16)13-23-25(31)30(26(32)35-23)14-18-20(28)9-6-10-21(18)29/h3-13H,2,14-15H2,1H3/b23-13+. The van der Waals surface area contributed by atoms with Crippen molar-refractivity contribution in [2.24, 2.45) is 0 Å². The van der Waals surface area contributed by atoms with Crippen LogP contribution in [0.3, 0.4) is 0 Å². The molecular formula is C26H20BrClFNO4S. The summed E-state index contributed by atoms with van der Waals surface area (Å²) in [4.78, 5) is 26.7. The molecule has 0 unspecified atom stereocenters. The molecule has 3 aromatic rings. The number of carbonyl (C=O) groups is 2. The quantitative estimate of drug-likeness (QED) is 0.261. The van der Waals surface area contributed by atoms with Gasteiger partial charge in [-0.15, -0.1) is 0 Å². The molecule has 0 aliphatic carbocycles. The van der Waals surface area contributed by atoms with Gasteiger partial charge in [-0.3, -0.25) is 14.5 Å². The molecular weight excluding hydrogens is 557 g/mol. The van der Waals surface area contributed by atoms with E-state index in [0.29, 0.717) is 34.7 Å². The van der Waals surface area contributed by atoms with Gasteiger partial charge in [-0.05, 0) is 76.1 Å². The van der Waals surface area contributed by atoms with Crippen molar-refractivity contribution in [2.75, 3.05) is 6.61 Å². The van der Waals surface area contributed by atoms with E-state index in [2.05, 4.69) is 15.9 Å². The second kappa shape index (κ2) is 11.3. The smallest absolute Gasteiger partial charge is 0.293 e. The Bertz CT molecular complexity index is 1280. The van der Waals surface area contributed by atoms with E-state index in [-0.39, 0.29) is 22.0 Å². The lowest BCUT2D eigenvalue weighted by atomic mass is 10.1. The SMILES string of the molecule is CCOc1cc(/C=C2/SC(=O)N(Cc3c(F)cccc3Cl)C2=O)cc(Br)c1OCc1ccccc1. The molecule has 0 saturated carbocycles. The van der Waals surface area contributed by atoms with Gasteiger partial charge in [0.2, 0.25) is 0 Å². The predicted octanol–water partition coefficient (Wildman–Crippen LogP) is 7.46. The Morgan fingerprint density at radius 3 is 2.57 bits per heavy atom. The minimum absolute atomic E-state index is 0.0963. The minimum atomic E-state index is -0.572. The van der Waals surface area contributed by atoms with E-state index in [1.807, 2.05) is 37.3 Å². The Kier molecular flexibility index (Phi) is 8.15. The van der Waals surface area contributed by atoms with Crippen LogP contribution in [0.25, 0.3) is 6.08 Å². The molecule has 9 heteroatoms. The second-order valence-corrected chi connectivity index (χ2v) is 9.76. The summed E-state index contributed by atoms with van der Waals surface area (Å²) in [6.07, 6.45) is 1.60. The highest BCUT2D eigenvalue weighted by atomic mass is 79.9. The first kappa shape index (κ1) is 25.3. The number of benzene rings is 3.